The van der Waals surface area contributed by atoms with Gasteiger partial charge in [-0.15, -0.1) is 0 Å². The van der Waals surface area contributed by atoms with Crippen molar-refractivity contribution < 1.29 is 14.5 Å². The molecule has 0 unspecified atom stereocenters. The van der Waals surface area contributed by atoms with Crippen LogP contribution >= 0.6 is 11.8 Å². The maximum Gasteiger partial charge on any atom is 0.285 e. The summed E-state index contributed by atoms with van der Waals surface area (Å²) in [4.78, 5) is 38.7. The zero-order valence-corrected chi connectivity index (χ0v) is 13.9. The van der Waals surface area contributed by atoms with Crippen LogP contribution in [0.2, 0.25) is 0 Å². The van der Waals surface area contributed by atoms with Gasteiger partial charge in [-0.3, -0.25) is 35.5 Å². The molecule has 1 saturated heterocycles. The summed E-state index contributed by atoms with van der Waals surface area (Å²) in [6, 6.07) is 8.62. The summed E-state index contributed by atoms with van der Waals surface area (Å²) >= 11 is 0.884. The first-order valence-corrected chi connectivity index (χ1v) is 8.05. The van der Waals surface area contributed by atoms with Crippen LogP contribution in [0.1, 0.15) is 15.9 Å². The molecule has 0 atom stereocenters. The van der Waals surface area contributed by atoms with E-state index in [1.165, 1.54) is 54.9 Å². The van der Waals surface area contributed by atoms with Crippen molar-refractivity contribution in [2.75, 3.05) is 0 Å². The third kappa shape index (κ3) is 3.59. The minimum Gasteiger partial charge on any atom is -0.277 e. The number of benzene rings is 1. The highest BCUT2D eigenvalue weighted by Gasteiger charge is 2.34. The summed E-state index contributed by atoms with van der Waals surface area (Å²) in [5.41, 5.74) is 3.19. The Labute approximate surface area is 151 Å². The van der Waals surface area contributed by atoms with E-state index >= 15 is 0 Å². The monoisotopic (exact) mass is 369 g/mol. The van der Waals surface area contributed by atoms with Crippen LogP contribution in [0.4, 0.5) is 5.69 Å². The summed E-state index contributed by atoms with van der Waals surface area (Å²) in [6.07, 6.45) is 4.39. The highest BCUT2D eigenvalue weighted by atomic mass is 32.2. The number of thioether (sulfide) groups is 1. The van der Waals surface area contributed by atoms with Crippen LogP contribution in [0.15, 0.2) is 53.7 Å². The van der Waals surface area contributed by atoms with Gasteiger partial charge in [-0.2, -0.15) is 5.01 Å². The largest absolute Gasteiger partial charge is 0.285 e. The van der Waals surface area contributed by atoms with Gasteiger partial charge in [-0.25, -0.2) is 0 Å². The lowest BCUT2D eigenvalue weighted by Crippen LogP contribution is -2.45. The number of aromatic nitrogens is 1. The van der Waals surface area contributed by atoms with E-state index in [0.29, 0.717) is 11.1 Å². The lowest BCUT2D eigenvalue weighted by molar-refractivity contribution is -0.384. The Morgan fingerprint density at radius 1 is 1.23 bits per heavy atom. The number of amides is 2. The van der Waals surface area contributed by atoms with Crippen molar-refractivity contribution in [3.63, 3.8) is 0 Å². The van der Waals surface area contributed by atoms with Crippen molar-refractivity contribution in [3.8, 4) is 0 Å². The van der Waals surface area contributed by atoms with Crippen LogP contribution in [-0.4, -0.2) is 31.9 Å². The second kappa shape index (κ2) is 7.15. The molecule has 1 fully saturated rings. The number of nitrogens with zero attached hydrogens (tertiary/aromatic N) is 3. The zero-order valence-electron chi connectivity index (χ0n) is 13.1. The quantitative estimate of drug-likeness (QED) is 0.483. The summed E-state index contributed by atoms with van der Waals surface area (Å²) in [5, 5.41) is 19.3. The standard InChI is InChI=1S/C16H11N5O4S/c17-16-20(19-14(22)11-5-7-18-8-6-11)15(23)13(26-16)9-10-1-3-12(4-2-10)21(24)25/h1-9,17H,(H,19,22)/b13-9+,17-16?. The molecule has 9 nitrogen and oxygen atoms in total. The van der Waals surface area contributed by atoms with Gasteiger partial charge < -0.3 is 0 Å². The molecule has 2 heterocycles. The maximum atomic E-state index is 12.4. The van der Waals surface area contributed by atoms with Gasteiger partial charge in [0.15, 0.2) is 5.17 Å². The summed E-state index contributed by atoms with van der Waals surface area (Å²) in [6.45, 7) is 0. The molecule has 0 radical (unpaired) electrons. The van der Waals surface area contributed by atoms with Crippen LogP contribution in [0.25, 0.3) is 6.08 Å². The number of carbonyl (C=O) groups excluding carboxylic acids is 2. The van der Waals surface area contributed by atoms with Crippen molar-refractivity contribution in [2.45, 2.75) is 0 Å². The molecule has 2 amide bonds. The lowest BCUT2D eigenvalue weighted by atomic mass is 10.2. The molecule has 2 aromatic rings. The molecule has 3 rings (SSSR count). The summed E-state index contributed by atoms with van der Waals surface area (Å²) in [5.74, 6) is -1.09. The topological polar surface area (TPSA) is 129 Å². The van der Waals surface area contributed by atoms with E-state index < -0.39 is 16.7 Å². The van der Waals surface area contributed by atoms with Gasteiger partial charge in [-0.05, 0) is 47.7 Å². The summed E-state index contributed by atoms with van der Waals surface area (Å²) < 4.78 is 0. The van der Waals surface area contributed by atoms with E-state index in [0.717, 1.165) is 16.8 Å². The minimum absolute atomic E-state index is 0.0588. The molecule has 130 valence electrons. The number of pyridine rings is 1. The van der Waals surface area contributed by atoms with E-state index in [-0.39, 0.29) is 15.8 Å². The number of hydrogen-bond acceptors (Lipinski definition) is 7. The SMILES string of the molecule is N=C1S/C(=C/c2ccc([N+](=O)[O-])cc2)C(=O)N1NC(=O)c1ccncc1. The third-order valence-corrected chi connectivity index (χ3v) is 4.27. The van der Waals surface area contributed by atoms with Crippen LogP contribution in [0, 0.1) is 15.5 Å². The predicted octanol–water partition coefficient (Wildman–Crippen LogP) is 2.19. The summed E-state index contributed by atoms with van der Waals surface area (Å²) in [7, 11) is 0. The average Bonchev–Trinajstić information content (AvgIpc) is 2.90. The van der Waals surface area contributed by atoms with Gasteiger partial charge in [-0.1, -0.05) is 0 Å². The highest BCUT2D eigenvalue weighted by Crippen LogP contribution is 2.30. The normalized spacial score (nSPS) is 15.4. The number of amidine groups is 1. The van der Waals surface area contributed by atoms with E-state index in [1.807, 2.05) is 0 Å². The molecule has 1 aromatic carbocycles. The molecule has 1 aliphatic rings. The first kappa shape index (κ1) is 17.3. The Morgan fingerprint density at radius 3 is 2.50 bits per heavy atom. The fourth-order valence-corrected chi connectivity index (χ4v) is 2.90. The molecular formula is C16H11N5O4S. The van der Waals surface area contributed by atoms with Gasteiger partial charge in [0.05, 0.1) is 9.83 Å². The van der Waals surface area contributed by atoms with Crippen molar-refractivity contribution in [2.24, 2.45) is 0 Å². The lowest BCUT2D eigenvalue weighted by Gasteiger charge is -2.15. The second-order valence-corrected chi connectivity index (χ2v) is 6.11. The number of hydrazine groups is 1. The average molecular weight is 369 g/mol. The van der Waals surface area contributed by atoms with Gasteiger partial charge in [0.2, 0.25) is 0 Å². The predicted molar refractivity (Wildman–Crippen MR) is 94.9 cm³/mol. The number of nitro benzene ring substituents is 1. The number of nitro groups is 1. The van der Waals surface area contributed by atoms with E-state index in [4.69, 9.17) is 5.41 Å². The Kier molecular flexibility index (Phi) is 4.76. The number of hydrogen-bond donors (Lipinski definition) is 2. The number of carbonyl (C=O) groups is 2. The van der Waals surface area contributed by atoms with Crippen LogP contribution in [-0.2, 0) is 4.79 Å². The minimum atomic E-state index is -0.555. The van der Waals surface area contributed by atoms with Crippen LogP contribution < -0.4 is 5.43 Å². The molecule has 0 spiro atoms. The van der Waals surface area contributed by atoms with E-state index in [2.05, 4.69) is 10.4 Å². The first-order chi connectivity index (χ1) is 12.5. The molecule has 26 heavy (non-hydrogen) atoms. The molecule has 1 aliphatic heterocycles. The van der Waals surface area contributed by atoms with Gasteiger partial charge in [0, 0.05) is 30.1 Å². The van der Waals surface area contributed by atoms with Crippen molar-refractivity contribution in [3.05, 3.63) is 74.9 Å². The molecule has 10 heteroatoms. The molecule has 2 N–H and O–H groups in total. The molecule has 0 bridgehead atoms. The molecule has 1 aromatic heterocycles. The Hall–Kier alpha value is -3.53. The zero-order chi connectivity index (χ0) is 18.7. The molecular weight excluding hydrogens is 358 g/mol. The van der Waals surface area contributed by atoms with Crippen molar-refractivity contribution in [1.82, 2.24) is 15.4 Å². The van der Waals surface area contributed by atoms with Gasteiger partial charge in [0.25, 0.3) is 17.5 Å². The molecule has 0 saturated carbocycles. The number of rotatable bonds is 4. The van der Waals surface area contributed by atoms with E-state index in [1.54, 1.807) is 0 Å². The second-order valence-electron chi connectivity index (χ2n) is 5.08. The fourth-order valence-electron chi connectivity index (χ4n) is 2.10. The molecule has 0 aliphatic carbocycles. The van der Waals surface area contributed by atoms with Gasteiger partial charge in [0.1, 0.15) is 0 Å². The maximum absolute atomic E-state index is 12.4. The van der Waals surface area contributed by atoms with E-state index in [9.17, 15) is 19.7 Å². The van der Waals surface area contributed by atoms with Crippen molar-refractivity contribution >= 4 is 40.5 Å². The number of nitrogens with one attached hydrogen (secondary N) is 2. The van der Waals surface area contributed by atoms with Crippen LogP contribution in [0.5, 0.6) is 0 Å². The van der Waals surface area contributed by atoms with Gasteiger partial charge >= 0.3 is 0 Å². The Balaban J connectivity index is 1.76. The third-order valence-electron chi connectivity index (χ3n) is 3.38. The smallest absolute Gasteiger partial charge is 0.277 e. The first-order valence-electron chi connectivity index (χ1n) is 7.24. The fraction of sp³-hybridized carbons (Fsp3) is 0. The highest BCUT2D eigenvalue weighted by molar-refractivity contribution is 8.18. The Morgan fingerprint density at radius 2 is 1.88 bits per heavy atom. The number of non-ortho nitro benzene ring substituents is 1. The van der Waals surface area contributed by atoms with Crippen molar-refractivity contribution in [1.29, 1.82) is 5.41 Å². The Bertz CT molecular complexity index is 927. The van der Waals surface area contributed by atoms with Crippen LogP contribution in [0.3, 0.4) is 0 Å².